The van der Waals surface area contributed by atoms with Crippen LogP contribution >= 0.6 is 0 Å². The van der Waals surface area contributed by atoms with Crippen molar-refractivity contribution in [2.45, 2.75) is 25.0 Å². The van der Waals surface area contributed by atoms with Gasteiger partial charge in [0.1, 0.15) is 4.75 Å². The molecule has 5 heteroatoms. The smallest absolute Gasteiger partial charge is 0.321 e. The Balaban J connectivity index is 4.03. The van der Waals surface area contributed by atoms with E-state index in [0.717, 1.165) is 13.0 Å². The van der Waals surface area contributed by atoms with Crippen LogP contribution in [0.3, 0.4) is 0 Å². The van der Waals surface area contributed by atoms with E-state index in [-0.39, 0.29) is 0 Å². The SMILES string of the molecule is CN(C)CCCS(=O)C(C)(C)C(=O)O. The number of carbonyl (C=O) groups is 1. The molecule has 0 rings (SSSR count). The molecule has 1 atom stereocenters. The van der Waals surface area contributed by atoms with E-state index in [1.165, 1.54) is 13.8 Å². The van der Waals surface area contributed by atoms with E-state index >= 15 is 0 Å². The summed E-state index contributed by atoms with van der Waals surface area (Å²) in [6.45, 7) is 3.84. The van der Waals surface area contributed by atoms with Crippen molar-refractivity contribution in [1.29, 1.82) is 0 Å². The molecule has 84 valence electrons. The zero-order valence-electron chi connectivity index (χ0n) is 9.24. The third-order valence-corrected chi connectivity index (χ3v) is 3.99. The van der Waals surface area contributed by atoms with Crippen LogP contribution in [0.15, 0.2) is 0 Å². The Bertz CT molecular complexity index is 226. The monoisotopic (exact) mass is 221 g/mol. The maximum atomic E-state index is 11.6. The van der Waals surface area contributed by atoms with Gasteiger partial charge in [0.05, 0.1) is 0 Å². The lowest BCUT2D eigenvalue weighted by molar-refractivity contribution is -0.139. The minimum atomic E-state index is -1.30. The summed E-state index contributed by atoms with van der Waals surface area (Å²) in [5, 5.41) is 8.82. The van der Waals surface area contributed by atoms with Crippen LogP contribution in [0.2, 0.25) is 0 Å². The van der Waals surface area contributed by atoms with Crippen molar-refractivity contribution < 1.29 is 14.1 Å². The molecule has 1 unspecified atom stereocenters. The zero-order chi connectivity index (χ0) is 11.4. The van der Waals surface area contributed by atoms with Crippen LogP contribution in [0.1, 0.15) is 20.3 Å². The van der Waals surface area contributed by atoms with Gasteiger partial charge in [0.25, 0.3) is 0 Å². The average Bonchev–Trinajstić information content (AvgIpc) is 2.02. The van der Waals surface area contributed by atoms with Crippen LogP contribution in [0.5, 0.6) is 0 Å². The highest BCUT2D eigenvalue weighted by atomic mass is 32.2. The summed E-state index contributed by atoms with van der Waals surface area (Å²) in [6, 6.07) is 0. The molecular weight excluding hydrogens is 202 g/mol. The van der Waals surface area contributed by atoms with Crippen molar-refractivity contribution in [3.05, 3.63) is 0 Å². The Morgan fingerprint density at radius 1 is 1.43 bits per heavy atom. The fraction of sp³-hybridized carbons (Fsp3) is 0.889. The minimum Gasteiger partial charge on any atom is -0.480 e. The largest absolute Gasteiger partial charge is 0.480 e. The lowest BCUT2D eigenvalue weighted by Crippen LogP contribution is -2.38. The molecule has 0 aliphatic rings. The zero-order valence-corrected chi connectivity index (χ0v) is 10.1. The maximum absolute atomic E-state index is 11.6. The fourth-order valence-corrected chi connectivity index (χ4v) is 1.96. The Kier molecular flexibility index (Phi) is 5.29. The minimum absolute atomic E-state index is 0.442. The molecular formula is C9H19NO3S. The second-order valence-electron chi connectivity index (χ2n) is 4.02. The molecule has 0 saturated heterocycles. The van der Waals surface area contributed by atoms with E-state index in [0.29, 0.717) is 5.75 Å². The number of carboxylic acid groups (broad SMARTS) is 1. The molecule has 0 bridgehead atoms. The summed E-state index contributed by atoms with van der Waals surface area (Å²) in [5.74, 6) is -0.557. The van der Waals surface area contributed by atoms with Gasteiger partial charge in [-0.05, 0) is 40.9 Å². The standard InChI is InChI=1S/C9H19NO3S/c1-9(2,8(11)12)14(13)7-5-6-10(3)4/h5-7H2,1-4H3,(H,11,12). The van der Waals surface area contributed by atoms with Crippen LogP contribution in [-0.4, -0.2) is 51.3 Å². The van der Waals surface area contributed by atoms with Crippen molar-refractivity contribution >= 4 is 16.8 Å². The number of hydrogen-bond donors (Lipinski definition) is 1. The topological polar surface area (TPSA) is 57.6 Å². The third kappa shape index (κ3) is 4.19. The van der Waals surface area contributed by atoms with E-state index < -0.39 is 21.5 Å². The molecule has 0 aromatic carbocycles. The van der Waals surface area contributed by atoms with Gasteiger partial charge in [-0.15, -0.1) is 0 Å². The lowest BCUT2D eigenvalue weighted by atomic mass is 10.2. The van der Waals surface area contributed by atoms with E-state index in [1.807, 2.05) is 19.0 Å². The molecule has 0 aliphatic carbocycles. The van der Waals surface area contributed by atoms with Crippen molar-refractivity contribution in [2.24, 2.45) is 0 Å². The van der Waals surface area contributed by atoms with Crippen molar-refractivity contribution in [3.63, 3.8) is 0 Å². The number of carboxylic acids is 1. The van der Waals surface area contributed by atoms with Crippen molar-refractivity contribution in [3.8, 4) is 0 Å². The van der Waals surface area contributed by atoms with Crippen molar-refractivity contribution in [2.75, 3.05) is 26.4 Å². The second-order valence-corrected chi connectivity index (χ2v) is 6.14. The van der Waals surface area contributed by atoms with Crippen LogP contribution < -0.4 is 0 Å². The van der Waals surface area contributed by atoms with E-state index in [9.17, 15) is 9.00 Å². The van der Waals surface area contributed by atoms with Gasteiger partial charge in [-0.3, -0.25) is 9.00 Å². The molecule has 1 N–H and O–H groups in total. The van der Waals surface area contributed by atoms with Gasteiger partial charge in [-0.1, -0.05) is 0 Å². The molecule has 14 heavy (non-hydrogen) atoms. The summed E-state index contributed by atoms with van der Waals surface area (Å²) >= 11 is 0. The van der Waals surface area contributed by atoms with Crippen LogP contribution in [-0.2, 0) is 15.6 Å². The molecule has 0 saturated carbocycles. The first kappa shape index (κ1) is 13.6. The predicted molar refractivity (Wildman–Crippen MR) is 57.9 cm³/mol. The number of rotatable bonds is 6. The van der Waals surface area contributed by atoms with Gasteiger partial charge < -0.3 is 10.0 Å². The van der Waals surface area contributed by atoms with Crippen molar-refractivity contribution in [1.82, 2.24) is 4.90 Å². The summed E-state index contributed by atoms with van der Waals surface area (Å²) in [4.78, 5) is 12.7. The Hall–Kier alpha value is -0.420. The second kappa shape index (κ2) is 5.46. The molecule has 0 amide bonds. The van der Waals surface area contributed by atoms with E-state index in [4.69, 9.17) is 5.11 Å². The Morgan fingerprint density at radius 3 is 2.29 bits per heavy atom. The first-order valence-corrected chi connectivity index (χ1v) is 5.87. The quantitative estimate of drug-likeness (QED) is 0.711. The normalized spacial score (nSPS) is 14.4. The molecule has 0 radical (unpaired) electrons. The number of hydrogen-bond acceptors (Lipinski definition) is 3. The third-order valence-electron chi connectivity index (χ3n) is 2.02. The highest BCUT2D eigenvalue weighted by molar-refractivity contribution is 7.87. The first-order valence-electron chi connectivity index (χ1n) is 4.55. The van der Waals surface area contributed by atoms with Gasteiger partial charge in [0, 0.05) is 16.6 Å². The average molecular weight is 221 g/mol. The van der Waals surface area contributed by atoms with Gasteiger partial charge in [-0.2, -0.15) is 0 Å². The van der Waals surface area contributed by atoms with Gasteiger partial charge in [0.15, 0.2) is 0 Å². The lowest BCUT2D eigenvalue weighted by Gasteiger charge is -2.18. The highest BCUT2D eigenvalue weighted by Gasteiger charge is 2.33. The van der Waals surface area contributed by atoms with Gasteiger partial charge in [-0.25, -0.2) is 0 Å². The molecule has 0 spiro atoms. The molecule has 0 aromatic rings. The fourth-order valence-electron chi connectivity index (χ4n) is 0.864. The molecule has 0 fully saturated rings. The highest BCUT2D eigenvalue weighted by Crippen LogP contribution is 2.14. The summed E-state index contributed by atoms with van der Waals surface area (Å²) in [7, 11) is 2.57. The molecule has 0 aliphatic heterocycles. The van der Waals surface area contributed by atoms with Crippen LogP contribution in [0, 0.1) is 0 Å². The maximum Gasteiger partial charge on any atom is 0.321 e. The Labute approximate surface area is 87.7 Å². The van der Waals surface area contributed by atoms with E-state index in [2.05, 4.69) is 0 Å². The van der Waals surface area contributed by atoms with E-state index in [1.54, 1.807) is 0 Å². The van der Waals surface area contributed by atoms with Gasteiger partial charge in [0.2, 0.25) is 0 Å². The summed E-state index contributed by atoms with van der Waals surface area (Å²) < 4.78 is 10.5. The molecule has 0 aromatic heterocycles. The summed E-state index contributed by atoms with van der Waals surface area (Å²) in [6.07, 6.45) is 0.760. The molecule has 0 heterocycles. The van der Waals surface area contributed by atoms with Crippen LogP contribution in [0.4, 0.5) is 0 Å². The predicted octanol–water partition coefficient (Wildman–Crippen LogP) is 0.550. The first-order chi connectivity index (χ1) is 6.28. The Morgan fingerprint density at radius 2 is 1.93 bits per heavy atom. The molecule has 4 nitrogen and oxygen atoms in total. The van der Waals surface area contributed by atoms with Gasteiger partial charge >= 0.3 is 5.97 Å². The number of nitrogens with zero attached hydrogens (tertiary/aromatic N) is 1. The summed E-state index contributed by atoms with van der Waals surface area (Å²) in [5.41, 5.74) is 0. The number of aliphatic carboxylic acids is 1. The van der Waals surface area contributed by atoms with Crippen LogP contribution in [0.25, 0.3) is 0 Å².